The number of hydrogen-bond donors (Lipinski definition) is 1. The lowest BCUT2D eigenvalue weighted by Gasteiger charge is -2.23. The molecule has 0 atom stereocenters. The minimum atomic E-state index is -0.0715. The van der Waals surface area contributed by atoms with Gasteiger partial charge in [-0.1, -0.05) is 30.3 Å². The molecule has 1 heterocycles. The molecular formula is C20H20N4O2. The number of carbonyl (C=O) groups excluding carboxylic acids is 1. The lowest BCUT2D eigenvalue weighted by atomic mass is 10.2. The fraction of sp³-hybridized carbons (Fsp3) is 0.250. The van der Waals surface area contributed by atoms with Crippen molar-refractivity contribution in [2.45, 2.75) is 32.4 Å². The predicted octanol–water partition coefficient (Wildman–Crippen LogP) is 4.24. The zero-order chi connectivity index (χ0) is 17.9. The van der Waals surface area contributed by atoms with Crippen LogP contribution in [0, 0.1) is 6.92 Å². The maximum atomic E-state index is 12.7. The lowest BCUT2D eigenvalue weighted by molar-refractivity contribution is 0.206. The van der Waals surface area contributed by atoms with Crippen LogP contribution in [0.2, 0.25) is 0 Å². The summed E-state index contributed by atoms with van der Waals surface area (Å²) in [6.45, 7) is 2.38. The highest BCUT2D eigenvalue weighted by Gasteiger charge is 2.32. The average molecular weight is 348 g/mol. The second-order valence-corrected chi connectivity index (χ2v) is 6.48. The van der Waals surface area contributed by atoms with Crippen LogP contribution in [0.4, 0.5) is 10.5 Å². The van der Waals surface area contributed by atoms with E-state index in [1.165, 1.54) is 0 Å². The number of nitrogens with zero attached hydrogens (tertiary/aromatic N) is 3. The molecule has 132 valence electrons. The smallest absolute Gasteiger partial charge is 0.322 e. The van der Waals surface area contributed by atoms with Crippen LogP contribution in [0.15, 0.2) is 59.0 Å². The first-order valence-electron chi connectivity index (χ1n) is 8.71. The summed E-state index contributed by atoms with van der Waals surface area (Å²) in [6.07, 6.45) is 2.13. The summed E-state index contributed by atoms with van der Waals surface area (Å²) in [6, 6.07) is 17.7. The van der Waals surface area contributed by atoms with Gasteiger partial charge >= 0.3 is 6.03 Å². The molecule has 2 aromatic carbocycles. The first-order valence-corrected chi connectivity index (χ1v) is 8.71. The Kier molecular flexibility index (Phi) is 4.39. The highest BCUT2D eigenvalue weighted by Crippen LogP contribution is 2.29. The van der Waals surface area contributed by atoms with Gasteiger partial charge in [0.2, 0.25) is 11.8 Å². The molecule has 1 aliphatic carbocycles. The number of hydrogen-bond acceptors (Lipinski definition) is 4. The van der Waals surface area contributed by atoms with Crippen molar-refractivity contribution in [1.82, 2.24) is 15.1 Å². The van der Waals surface area contributed by atoms with Crippen LogP contribution in [0.25, 0.3) is 11.5 Å². The fourth-order valence-corrected chi connectivity index (χ4v) is 2.84. The molecule has 1 aromatic heterocycles. The first kappa shape index (κ1) is 16.3. The molecule has 3 aromatic rings. The monoisotopic (exact) mass is 348 g/mol. The Balaban J connectivity index is 1.44. The highest BCUT2D eigenvalue weighted by molar-refractivity contribution is 5.90. The molecule has 6 heteroatoms. The summed E-state index contributed by atoms with van der Waals surface area (Å²) in [5.74, 6) is 1.00. The molecule has 4 rings (SSSR count). The van der Waals surface area contributed by atoms with Gasteiger partial charge in [-0.25, -0.2) is 4.79 Å². The van der Waals surface area contributed by atoms with Gasteiger partial charge < -0.3 is 14.6 Å². The maximum Gasteiger partial charge on any atom is 0.322 e. The van der Waals surface area contributed by atoms with Crippen molar-refractivity contribution in [3.8, 4) is 11.5 Å². The van der Waals surface area contributed by atoms with Crippen LogP contribution < -0.4 is 5.32 Å². The Morgan fingerprint density at radius 2 is 1.85 bits per heavy atom. The Labute approximate surface area is 151 Å². The number of carbonyl (C=O) groups is 1. The highest BCUT2D eigenvalue weighted by atomic mass is 16.4. The summed E-state index contributed by atoms with van der Waals surface area (Å²) in [5.41, 5.74) is 2.71. The first-order chi connectivity index (χ1) is 12.7. The van der Waals surface area contributed by atoms with Crippen molar-refractivity contribution in [2.75, 3.05) is 5.32 Å². The van der Waals surface area contributed by atoms with Crippen LogP contribution >= 0.6 is 0 Å². The molecule has 1 N–H and O–H groups in total. The third-order valence-electron chi connectivity index (χ3n) is 4.35. The molecule has 2 amide bonds. The number of amides is 2. The lowest BCUT2D eigenvalue weighted by Crippen LogP contribution is -2.36. The topological polar surface area (TPSA) is 71.3 Å². The number of rotatable bonds is 5. The number of aromatic nitrogens is 2. The van der Waals surface area contributed by atoms with Gasteiger partial charge in [0.25, 0.3) is 0 Å². The van der Waals surface area contributed by atoms with Crippen LogP contribution in [-0.2, 0) is 6.54 Å². The SMILES string of the molecule is Cc1nnc(-c2ccc(NC(=O)N(Cc3ccccc3)C3CC3)cc2)o1. The molecule has 1 aliphatic rings. The second-order valence-electron chi connectivity index (χ2n) is 6.48. The minimum absolute atomic E-state index is 0.0715. The average Bonchev–Trinajstić information content (AvgIpc) is 3.41. The summed E-state index contributed by atoms with van der Waals surface area (Å²) in [5, 5.41) is 10.8. The van der Waals surface area contributed by atoms with Crippen molar-refractivity contribution in [3.63, 3.8) is 0 Å². The molecule has 0 aliphatic heterocycles. The van der Waals surface area contributed by atoms with Crippen molar-refractivity contribution < 1.29 is 9.21 Å². The largest absolute Gasteiger partial charge is 0.421 e. The van der Waals surface area contributed by atoms with Crippen LogP contribution in [0.1, 0.15) is 24.3 Å². The van der Waals surface area contributed by atoms with Gasteiger partial charge in [0, 0.05) is 30.8 Å². The summed E-state index contributed by atoms with van der Waals surface area (Å²) < 4.78 is 5.42. The van der Waals surface area contributed by atoms with Crippen LogP contribution in [0.3, 0.4) is 0 Å². The number of urea groups is 1. The predicted molar refractivity (Wildman–Crippen MR) is 98.5 cm³/mol. The van der Waals surface area contributed by atoms with Gasteiger partial charge in [-0.2, -0.15) is 0 Å². The zero-order valence-corrected chi connectivity index (χ0v) is 14.6. The molecule has 1 saturated carbocycles. The van der Waals surface area contributed by atoms with E-state index in [-0.39, 0.29) is 6.03 Å². The summed E-state index contributed by atoms with van der Waals surface area (Å²) in [4.78, 5) is 14.6. The Hall–Kier alpha value is -3.15. The van der Waals surface area contributed by atoms with E-state index in [0.29, 0.717) is 24.4 Å². The van der Waals surface area contributed by atoms with Crippen LogP contribution in [0.5, 0.6) is 0 Å². The normalized spacial score (nSPS) is 13.4. The van der Waals surface area contributed by atoms with Crippen LogP contribution in [-0.4, -0.2) is 27.2 Å². The zero-order valence-electron chi connectivity index (χ0n) is 14.6. The number of benzene rings is 2. The summed E-state index contributed by atoms with van der Waals surface area (Å²) in [7, 11) is 0. The molecule has 26 heavy (non-hydrogen) atoms. The fourth-order valence-electron chi connectivity index (χ4n) is 2.84. The van der Waals surface area contributed by atoms with Gasteiger partial charge in [-0.15, -0.1) is 10.2 Å². The number of anilines is 1. The maximum absolute atomic E-state index is 12.7. The van der Waals surface area contributed by atoms with E-state index in [1.807, 2.05) is 59.5 Å². The van der Waals surface area contributed by atoms with Crippen molar-refractivity contribution in [3.05, 3.63) is 66.1 Å². The Morgan fingerprint density at radius 3 is 2.46 bits per heavy atom. The molecular weight excluding hydrogens is 328 g/mol. The molecule has 1 fully saturated rings. The van der Waals surface area contributed by atoms with Crippen molar-refractivity contribution >= 4 is 11.7 Å². The summed E-state index contributed by atoms with van der Waals surface area (Å²) >= 11 is 0. The van der Waals surface area contributed by atoms with E-state index in [1.54, 1.807) is 6.92 Å². The van der Waals surface area contributed by atoms with Crippen molar-refractivity contribution in [1.29, 1.82) is 0 Å². The van der Waals surface area contributed by atoms with E-state index < -0.39 is 0 Å². The van der Waals surface area contributed by atoms with Gasteiger partial charge in [-0.3, -0.25) is 0 Å². The van der Waals surface area contributed by atoms with Crippen molar-refractivity contribution in [2.24, 2.45) is 0 Å². The third-order valence-corrected chi connectivity index (χ3v) is 4.35. The number of aryl methyl sites for hydroxylation is 1. The molecule has 0 radical (unpaired) electrons. The standard InChI is InChI=1S/C20H20N4O2/c1-14-22-23-19(26-14)16-7-9-17(10-8-16)21-20(25)24(18-11-12-18)13-15-5-3-2-4-6-15/h2-10,18H,11-13H2,1H3,(H,21,25). The quantitative estimate of drug-likeness (QED) is 0.748. The van der Waals surface area contributed by atoms with E-state index >= 15 is 0 Å². The van der Waals surface area contributed by atoms with Gasteiger partial charge in [0.15, 0.2) is 0 Å². The van der Waals surface area contributed by atoms with Gasteiger partial charge in [-0.05, 0) is 42.7 Å². The molecule has 6 nitrogen and oxygen atoms in total. The molecule has 0 unspecified atom stereocenters. The van der Waals surface area contributed by atoms with Gasteiger partial charge in [0.05, 0.1) is 0 Å². The van der Waals surface area contributed by atoms with E-state index in [0.717, 1.165) is 29.7 Å². The minimum Gasteiger partial charge on any atom is -0.421 e. The second kappa shape index (κ2) is 7.00. The van der Waals surface area contributed by atoms with Gasteiger partial charge in [0.1, 0.15) is 0 Å². The Morgan fingerprint density at radius 1 is 1.12 bits per heavy atom. The van der Waals surface area contributed by atoms with E-state index in [9.17, 15) is 4.79 Å². The van der Waals surface area contributed by atoms with E-state index in [4.69, 9.17) is 4.42 Å². The number of nitrogens with one attached hydrogen (secondary N) is 1. The van der Waals surface area contributed by atoms with E-state index in [2.05, 4.69) is 15.5 Å². The molecule has 0 spiro atoms. The molecule has 0 bridgehead atoms. The molecule has 0 saturated heterocycles. The Bertz CT molecular complexity index is 886. The third kappa shape index (κ3) is 3.74.